The number of aldehydes is 1. The predicted octanol–water partition coefficient (Wildman–Crippen LogP) is 1.86. The van der Waals surface area contributed by atoms with Gasteiger partial charge in [-0.1, -0.05) is 18.0 Å². The molecule has 1 aromatic carbocycles. The minimum Gasteiger partial charge on any atom is -0.483 e. The van der Waals surface area contributed by atoms with Crippen molar-refractivity contribution < 1.29 is 23.9 Å². The molecule has 8 nitrogen and oxygen atoms in total. The summed E-state index contributed by atoms with van der Waals surface area (Å²) < 4.78 is 5.74. The van der Waals surface area contributed by atoms with Crippen LogP contribution in [0.15, 0.2) is 18.2 Å². The first-order chi connectivity index (χ1) is 15.9. The van der Waals surface area contributed by atoms with Gasteiger partial charge in [-0.25, -0.2) is 0 Å². The van der Waals surface area contributed by atoms with Gasteiger partial charge >= 0.3 is 0 Å². The third-order valence-corrected chi connectivity index (χ3v) is 7.40. The molecule has 0 spiro atoms. The van der Waals surface area contributed by atoms with Crippen LogP contribution in [-0.2, 0) is 19.2 Å². The number of halogens is 1. The van der Waals surface area contributed by atoms with Gasteiger partial charge in [-0.05, 0) is 68.2 Å². The summed E-state index contributed by atoms with van der Waals surface area (Å²) in [4.78, 5) is 51.5. The molecule has 1 aliphatic carbocycles. The number of rotatable bonds is 8. The molecule has 5 atom stereocenters. The van der Waals surface area contributed by atoms with E-state index in [1.807, 2.05) is 6.92 Å². The number of hydrogen-bond acceptors (Lipinski definition) is 5. The minimum absolute atomic E-state index is 0.0771. The van der Waals surface area contributed by atoms with Crippen molar-refractivity contribution in [1.29, 1.82) is 0 Å². The highest BCUT2D eigenvalue weighted by Gasteiger charge is 2.49. The second kappa shape index (κ2) is 10.1. The summed E-state index contributed by atoms with van der Waals surface area (Å²) in [6, 6.07) is 3.81. The van der Waals surface area contributed by atoms with Gasteiger partial charge in [0.05, 0.1) is 6.04 Å². The monoisotopic (exact) mass is 475 g/mol. The highest BCUT2D eigenvalue weighted by molar-refractivity contribution is 6.30. The Morgan fingerprint density at radius 2 is 2.15 bits per heavy atom. The van der Waals surface area contributed by atoms with Crippen molar-refractivity contribution in [1.82, 2.24) is 15.5 Å². The molecule has 2 heterocycles. The standard InChI is InChI=1S/C24H30ClN3O5/c1-14-9-17(25)5-6-20(14)33-13-21(30)28-11-16-3-2-4-19(16)22(28)24(32)27-18(12-29)10-15-7-8-26-23(15)31/h5-6,9,12,15-16,18-19,22H,2-4,7-8,10-11,13H2,1H3,(H,26,31)(H,27,32)/t15-,16?,18-,19?,22+/m0/s1. The van der Waals surface area contributed by atoms with Crippen molar-refractivity contribution in [2.75, 3.05) is 19.7 Å². The molecular weight excluding hydrogens is 446 g/mol. The van der Waals surface area contributed by atoms with E-state index in [4.69, 9.17) is 16.3 Å². The number of benzene rings is 1. The molecule has 2 unspecified atom stereocenters. The van der Waals surface area contributed by atoms with Crippen LogP contribution in [0.2, 0.25) is 5.02 Å². The summed E-state index contributed by atoms with van der Waals surface area (Å²) in [5.41, 5.74) is 0.827. The molecule has 3 aliphatic rings. The number of hydrogen-bond donors (Lipinski definition) is 2. The van der Waals surface area contributed by atoms with Crippen LogP contribution in [0.25, 0.3) is 0 Å². The third-order valence-electron chi connectivity index (χ3n) is 7.16. The molecule has 9 heteroatoms. The van der Waals surface area contributed by atoms with Crippen molar-refractivity contribution in [3.63, 3.8) is 0 Å². The lowest BCUT2D eigenvalue weighted by Crippen LogP contribution is -2.52. The lowest BCUT2D eigenvalue weighted by Gasteiger charge is -2.28. The number of nitrogens with zero attached hydrogens (tertiary/aromatic N) is 1. The quantitative estimate of drug-likeness (QED) is 0.558. The molecule has 2 aliphatic heterocycles. The van der Waals surface area contributed by atoms with Gasteiger partial charge in [-0.2, -0.15) is 0 Å². The Bertz CT molecular complexity index is 939. The maximum Gasteiger partial charge on any atom is 0.261 e. The van der Waals surface area contributed by atoms with Crippen LogP contribution < -0.4 is 15.4 Å². The molecule has 33 heavy (non-hydrogen) atoms. The predicted molar refractivity (Wildman–Crippen MR) is 122 cm³/mol. The number of fused-ring (bicyclic) bond motifs is 1. The van der Waals surface area contributed by atoms with Crippen molar-refractivity contribution in [3.8, 4) is 5.75 Å². The second-order valence-corrected chi connectivity index (χ2v) is 9.74. The molecule has 3 amide bonds. The first kappa shape index (κ1) is 23.5. The number of ether oxygens (including phenoxy) is 1. The van der Waals surface area contributed by atoms with E-state index >= 15 is 0 Å². The van der Waals surface area contributed by atoms with Crippen LogP contribution in [0.1, 0.15) is 37.7 Å². The topological polar surface area (TPSA) is 105 Å². The Balaban J connectivity index is 1.42. The Labute approximate surface area is 198 Å². The first-order valence-electron chi connectivity index (χ1n) is 11.6. The summed E-state index contributed by atoms with van der Waals surface area (Å²) >= 11 is 5.98. The molecule has 1 aromatic rings. The number of aryl methyl sites for hydroxylation is 1. The summed E-state index contributed by atoms with van der Waals surface area (Å²) in [6.07, 6.45) is 4.49. The van der Waals surface area contributed by atoms with Crippen LogP contribution in [-0.4, -0.2) is 60.7 Å². The van der Waals surface area contributed by atoms with Crippen LogP contribution in [0.4, 0.5) is 0 Å². The normalized spacial score (nSPS) is 27.1. The summed E-state index contributed by atoms with van der Waals surface area (Å²) in [5.74, 6) is -0.0152. The minimum atomic E-state index is -0.753. The molecule has 0 radical (unpaired) electrons. The maximum absolute atomic E-state index is 13.3. The van der Waals surface area contributed by atoms with E-state index in [-0.39, 0.29) is 48.5 Å². The Morgan fingerprint density at radius 3 is 2.85 bits per heavy atom. The number of carbonyl (C=O) groups is 4. The molecule has 0 aromatic heterocycles. The molecule has 2 saturated heterocycles. The van der Waals surface area contributed by atoms with Crippen LogP contribution in [0, 0.1) is 24.7 Å². The van der Waals surface area contributed by atoms with Gasteiger partial charge in [0.1, 0.15) is 18.1 Å². The van der Waals surface area contributed by atoms with Crippen molar-refractivity contribution in [2.24, 2.45) is 17.8 Å². The number of likely N-dealkylation sites (tertiary alicyclic amines) is 1. The van der Waals surface area contributed by atoms with Gasteiger partial charge in [0.2, 0.25) is 11.8 Å². The van der Waals surface area contributed by atoms with Gasteiger partial charge < -0.3 is 25.1 Å². The number of carbonyl (C=O) groups excluding carboxylic acids is 4. The molecule has 178 valence electrons. The maximum atomic E-state index is 13.3. The molecular formula is C24H30ClN3O5. The van der Waals surface area contributed by atoms with E-state index in [0.29, 0.717) is 36.6 Å². The molecule has 1 saturated carbocycles. The van der Waals surface area contributed by atoms with Gasteiger partial charge in [0.15, 0.2) is 6.61 Å². The van der Waals surface area contributed by atoms with E-state index in [0.717, 1.165) is 24.8 Å². The highest BCUT2D eigenvalue weighted by atomic mass is 35.5. The van der Waals surface area contributed by atoms with Crippen LogP contribution in [0.5, 0.6) is 5.75 Å². The van der Waals surface area contributed by atoms with E-state index in [2.05, 4.69) is 10.6 Å². The summed E-state index contributed by atoms with van der Waals surface area (Å²) in [7, 11) is 0. The molecule has 0 bridgehead atoms. The molecule has 3 fully saturated rings. The van der Waals surface area contributed by atoms with Gasteiger partial charge in [0.25, 0.3) is 5.91 Å². The van der Waals surface area contributed by atoms with Crippen molar-refractivity contribution in [3.05, 3.63) is 28.8 Å². The average Bonchev–Trinajstić information content (AvgIpc) is 3.48. The van der Waals surface area contributed by atoms with E-state index < -0.39 is 12.1 Å². The fraction of sp³-hybridized carbons (Fsp3) is 0.583. The van der Waals surface area contributed by atoms with Gasteiger partial charge in [-0.15, -0.1) is 0 Å². The largest absolute Gasteiger partial charge is 0.483 e. The zero-order valence-electron chi connectivity index (χ0n) is 18.7. The van der Waals surface area contributed by atoms with Crippen molar-refractivity contribution in [2.45, 2.75) is 51.1 Å². The first-order valence-corrected chi connectivity index (χ1v) is 12.0. The number of amides is 3. The third kappa shape index (κ3) is 5.16. The zero-order chi connectivity index (χ0) is 23.5. The molecule has 2 N–H and O–H groups in total. The summed E-state index contributed by atoms with van der Waals surface area (Å²) in [6.45, 7) is 2.78. The zero-order valence-corrected chi connectivity index (χ0v) is 19.5. The smallest absolute Gasteiger partial charge is 0.261 e. The SMILES string of the molecule is Cc1cc(Cl)ccc1OCC(=O)N1CC2CCCC2[C@@H]1C(=O)N[C@H](C=O)C[C@@H]1CCNC1=O. The summed E-state index contributed by atoms with van der Waals surface area (Å²) in [5, 5.41) is 6.15. The average molecular weight is 476 g/mol. The Morgan fingerprint density at radius 1 is 1.33 bits per heavy atom. The lowest BCUT2D eigenvalue weighted by atomic mass is 9.92. The Hall–Kier alpha value is -2.61. The Kier molecular flexibility index (Phi) is 7.22. The van der Waals surface area contributed by atoms with E-state index in [9.17, 15) is 19.2 Å². The fourth-order valence-corrected chi connectivity index (χ4v) is 5.72. The van der Waals surface area contributed by atoms with Gasteiger partial charge in [0, 0.05) is 24.0 Å². The van der Waals surface area contributed by atoms with Crippen LogP contribution >= 0.6 is 11.6 Å². The van der Waals surface area contributed by atoms with E-state index in [1.165, 1.54) is 0 Å². The van der Waals surface area contributed by atoms with Gasteiger partial charge in [-0.3, -0.25) is 14.4 Å². The van der Waals surface area contributed by atoms with Crippen LogP contribution in [0.3, 0.4) is 0 Å². The molecule has 4 rings (SSSR count). The van der Waals surface area contributed by atoms with E-state index in [1.54, 1.807) is 23.1 Å². The fourth-order valence-electron chi connectivity index (χ4n) is 5.49. The number of nitrogens with one attached hydrogen (secondary N) is 2. The highest BCUT2D eigenvalue weighted by Crippen LogP contribution is 2.42. The second-order valence-electron chi connectivity index (χ2n) is 9.31. The van der Waals surface area contributed by atoms with Crippen molar-refractivity contribution >= 4 is 35.6 Å². The lowest BCUT2D eigenvalue weighted by molar-refractivity contribution is -0.141.